The second-order valence-corrected chi connectivity index (χ2v) is 4.96. The number of hydrogen-bond acceptors (Lipinski definition) is 4. The first-order valence-corrected chi connectivity index (χ1v) is 6.41. The Kier molecular flexibility index (Phi) is 3.68. The summed E-state index contributed by atoms with van der Waals surface area (Å²) in [6.45, 7) is 4.11. The third kappa shape index (κ3) is 3.00. The molecule has 2 heterocycles. The van der Waals surface area contributed by atoms with Crippen LogP contribution in [0.4, 0.5) is 0 Å². The Morgan fingerprint density at radius 1 is 1.47 bits per heavy atom. The number of oxazole rings is 1. The summed E-state index contributed by atoms with van der Waals surface area (Å²) < 4.78 is 6.41. The van der Waals surface area contributed by atoms with E-state index in [1.165, 1.54) is 18.0 Å². The molecule has 2 rings (SSSR count). The normalized spacial score (nSPS) is 11.0. The molecule has 0 atom stereocenters. The van der Waals surface area contributed by atoms with E-state index in [2.05, 4.69) is 18.8 Å². The maximum absolute atomic E-state index is 11.4. The molecule has 0 spiro atoms. The Morgan fingerprint density at radius 2 is 2.29 bits per heavy atom. The number of pyridine rings is 1. The van der Waals surface area contributed by atoms with Gasteiger partial charge in [0.1, 0.15) is 5.76 Å². The predicted octanol–water partition coefficient (Wildman–Crippen LogP) is 2.72. The molecule has 2 aromatic rings. The maximum Gasteiger partial charge on any atom is 0.251 e. The number of hydrogen-bond donors (Lipinski definition) is 0. The molecular weight excluding hydrogens is 236 g/mol. The highest BCUT2D eigenvalue weighted by Gasteiger charge is 2.10. The Labute approximate surface area is 104 Å². The minimum Gasteiger partial charge on any atom is -0.618 e. The van der Waals surface area contributed by atoms with Gasteiger partial charge in [-0.15, -0.1) is 0 Å². The Balaban J connectivity index is 2.00. The summed E-state index contributed by atoms with van der Waals surface area (Å²) in [6.07, 6.45) is 3.23. The van der Waals surface area contributed by atoms with E-state index in [1.54, 1.807) is 18.3 Å². The van der Waals surface area contributed by atoms with Crippen molar-refractivity contribution in [2.45, 2.75) is 30.5 Å². The summed E-state index contributed by atoms with van der Waals surface area (Å²) >= 11 is 1.42. The fourth-order valence-corrected chi connectivity index (χ4v) is 2.09. The molecule has 0 saturated heterocycles. The highest BCUT2D eigenvalue weighted by molar-refractivity contribution is 7.98. The van der Waals surface area contributed by atoms with Gasteiger partial charge in [0.05, 0.1) is 11.9 Å². The topological polar surface area (TPSA) is 53.0 Å². The zero-order chi connectivity index (χ0) is 12.3. The average Bonchev–Trinajstić information content (AvgIpc) is 2.77. The molecule has 0 aromatic carbocycles. The van der Waals surface area contributed by atoms with Crippen LogP contribution in [-0.2, 0) is 5.75 Å². The van der Waals surface area contributed by atoms with Crippen molar-refractivity contribution in [3.05, 3.63) is 47.5 Å². The van der Waals surface area contributed by atoms with Crippen molar-refractivity contribution in [1.29, 1.82) is 0 Å². The van der Waals surface area contributed by atoms with Crippen LogP contribution < -0.4 is 4.73 Å². The van der Waals surface area contributed by atoms with Crippen LogP contribution in [0, 0.1) is 5.21 Å². The van der Waals surface area contributed by atoms with Gasteiger partial charge in [-0.25, -0.2) is 4.98 Å². The summed E-state index contributed by atoms with van der Waals surface area (Å²) in [5.41, 5.74) is 0. The predicted molar refractivity (Wildman–Crippen MR) is 65.6 cm³/mol. The van der Waals surface area contributed by atoms with Crippen molar-refractivity contribution in [3.8, 4) is 0 Å². The smallest absolute Gasteiger partial charge is 0.251 e. The van der Waals surface area contributed by atoms with E-state index in [9.17, 15) is 5.21 Å². The fraction of sp³-hybridized carbons (Fsp3) is 0.333. The SMILES string of the molecule is CC(C)c1cnc(CSc2cccc[n+]2[O-])o1. The summed E-state index contributed by atoms with van der Waals surface area (Å²) in [7, 11) is 0. The van der Waals surface area contributed by atoms with Crippen LogP contribution in [0.1, 0.15) is 31.4 Å². The molecule has 5 heteroatoms. The van der Waals surface area contributed by atoms with E-state index in [0.29, 0.717) is 22.6 Å². The molecule has 4 nitrogen and oxygen atoms in total. The first kappa shape index (κ1) is 12.0. The van der Waals surface area contributed by atoms with Gasteiger partial charge in [0.2, 0.25) is 5.89 Å². The standard InChI is InChI=1S/C12H14N2O2S/c1-9(2)10-7-13-11(16-10)8-17-12-5-3-4-6-14(12)15/h3-7,9H,8H2,1-2H3. The van der Waals surface area contributed by atoms with Gasteiger partial charge in [-0.05, 0) is 17.8 Å². The van der Waals surface area contributed by atoms with Crippen molar-refractivity contribution >= 4 is 11.8 Å². The van der Waals surface area contributed by atoms with Crippen LogP contribution in [0.2, 0.25) is 0 Å². The zero-order valence-corrected chi connectivity index (χ0v) is 10.6. The van der Waals surface area contributed by atoms with Gasteiger partial charge in [-0.2, -0.15) is 4.73 Å². The summed E-state index contributed by atoms with van der Waals surface area (Å²) in [5, 5.41) is 12.0. The van der Waals surface area contributed by atoms with Gasteiger partial charge >= 0.3 is 0 Å². The summed E-state index contributed by atoms with van der Waals surface area (Å²) in [5.74, 6) is 2.44. The van der Waals surface area contributed by atoms with Crippen LogP contribution in [0.3, 0.4) is 0 Å². The van der Waals surface area contributed by atoms with Crippen LogP contribution in [0.5, 0.6) is 0 Å². The third-order valence-corrected chi connectivity index (χ3v) is 3.28. The fourth-order valence-electron chi connectivity index (χ4n) is 1.32. The Morgan fingerprint density at radius 3 is 2.94 bits per heavy atom. The number of thioether (sulfide) groups is 1. The van der Waals surface area contributed by atoms with Crippen LogP contribution in [0.15, 0.2) is 40.0 Å². The molecule has 0 radical (unpaired) electrons. The van der Waals surface area contributed by atoms with Crippen molar-refractivity contribution in [2.24, 2.45) is 0 Å². The number of rotatable bonds is 4. The highest BCUT2D eigenvalue weighted by atomic mass is 32.2. The van der Waals surface area contributed by atoms with Gasteiger partial charge in [0, 0.05) is 18.1 Å². The number of aromatic nitrogens is 2. The van der Waals surface area contributed by atoms with Crippen molar-refractivity contribution in [2.75, 3.05) is 0 Å². The molecule has 17 heavy (non-hydrogen) atoms. The van der Waals surface area contributed by atoms with Gasteiger partial charge in [-0.1, -0.05) is 13.8 Å². The van der Waals surface area contributed by atoms with Gasteiger partial charge in [0.15, 0.2) is 6.20 Å². The van der Waals surface area contributed by atoms with Crippen LogP contribution in [-0.4, -0.2) is 4.98 Å². The summed E-state index contributed by atoms with van der Waals surface area (Å²) in [6, 6.07) is 5.33. The van der Waals surface area contributed by atoms with E-state index in [1.807, 2.05) is 6.07 Å². The quantitative estimate of drug-likeness (QED) is 0.475. The molecule has 0 aliphatic heterocycles. The van der Waals surface area contributed by atoms with Gasteiger partial charge in [0.25, 0.3) is 5.03 Å². The van der Waals surface area contributed by atoms with Crippen molar-refractivity contribution in [3.63, 3.8) is 0 Å². The number of nitrogens with zero attached hydrogens (tertiary/aromatic N) is 2. The molecule has 0 bridgehead atoms. The second-order valence-electron chi connectivity index (χ2n) is 3.96. The Hall–Kier alpha value is -1.49. The lowest BCUT2D eigenvalue weighted by Gasteiger charge is -2.01. The molecule has 2 aromatic heterocycles. The van der Waals surface area contributed by atoms with Crippen molar-refractivity contribution < 1.29 is 9.15 Å². The largest absolute Gasteiger partial charge is 0.618 e. The van der Waals surface area contributed by atoms with Gasteiger partial charge < -0.3 is 9.62 Å². The monoisotopic (exact) mass is 250 g/mol. The zero-order valence-electron chi connectivity index (χ0n) is 9.79. The van der Waals surface area contributed by atoms with Crippen molar-refractivity contribution in [1.82, 2.24) is 4.98 Å². The van der Waals surface area contributed by atoms with E-state index >= 15 is 0 Å². The lowest BCUT2D eigenvalue weighted by molar-refractivity contribution is -0.645. The van der Waals surface area contributed by atoms with Crippen LogP contribution >= 0.6 is 11.8 Å². The summed E-state index contributed by atoms with van der Waals surface area (Å²) in [4.78, 5) is 4.18. The first-order chi connectivity index (χ1) is 8.16. The van der Waals surface area contributed by atoms with Crippen LogP contribution in [0.25, 0.3) is 0 Å². The molecule has 0 aliphatic rings. The van der Waals surface area contributed by atoms with E-state index in [4.69, 9.17) is 4.42 Å². The molecule has 0 fully saturated rings. The third-order valence-electron chi connectivity index (χ3n) is 2.27. The molecule has 0 saturated carbocycles. The Bertz CT molecular complexity index is 497. The van der Waals surface area contributed by atoms with E-state index in [0.717, 1.165) is 10.5 Å². The average molecular weight is 250 g/mol. The molecule has 0 N–H and O–H groups in total. The molecule has 90 valence electrons. The molecule has 0 aliphatic carbocycles. The first-order valence-electron chi connectivity index (χ1n) is 5.42. The second kappa shape index (κ2) is 5.23. The lowest BCUT2D eigenvalue weighted by atomic mass is 10.2. The minimum atomic E-state index is 0.336. The lowest BCUT2D eigenvalue weighted by Crippen LogP contribution is -2.27. The molecule has 0 unspecified atom stereocenters. The van der Waals surface area contributed by atoms with E-state index in [-0.39, 0.29) is 0 Å². The highest BCUT2D eigenvalue weighted by Crippen LogP contribution is 2.21. The molecular formula is C12H14N2O2S. The maximum atomic E-state index is 11.4. The van der Waals surface area contributed by atoms with E-state index < -0.39 is 0 Å². The minimum absolute atomic E-state index is 0.336. The molecule has 0 amide bonds. The van der Waals surface area contributed by atoms with Gasteiger partial charge in [-0.3, -0.25) is 0 Å².